The van der Waals surface area contributed by atoms with Gasteiger partial charge in [0.15, 0.2) is 5.78 Å². The first kappa shape index (κ1) is 11.9. The summed E-state index contributed by atoms with van der Waals surface area (Å²) < 4.78 is 1.84. The molecule has 0 N–H and O–H groups in total. The maximum atomic E-state index is 11.3. The van der Waals surface area contributed by atoms with Gasteiger partial charge in [0, 0.05) is 16.6 Å². The van der Waals surface area contributed by atoms with Gasteiger partial charge in [0.05, 0.1) is 16.8 Å². The van der Waals surface area contributed by atoms with Gasteiger partial charge in [-0.3, -0.25) is 4.79 Å². The minimum absolute atomic E-state index is 0.103. The molecule has 1 aromatic carbocycles. The largest absolute Gasteiger partial charge is 0.294 e. The molecular weight excluding hydrogens is 256 g/mol. The van der Waals surface area contributed by atoms with Gasteiger partial charge in [-0.05, 0) is 31.2 Å². The molecule has 19 heavy (non-hydrogen) atoms. The van der Waals surface area contributed by atoms with E-state index in [9.17, 15) is 4.79 Å². The van der Waals surface area contributed by atoms with Gasteiger partial charge >= 0.3 is 0 Å². The Kier molecular flexibility index (Phi) is 3.01. The average Bonchev–Trinajstić information content (AvgIpc) is 3.09. The van der Waals surface area contributed by atoms with E-state index in [1.54, 1.807) is 6.92 Å². The van der Waals surface area contributed by atoms with Crippen molar-refractivity contribution in [2.24, 2.45) is 0 Å². The first-order valence-electron chi connectivity index (χ1n) is 5.95. The maximum Gasteiger partial charge on any atom is 0.169 e. The zero-order valence-electron chi connectivity index (χ0n) is 10.4. The third-order valence-corrected chi connectivity index (χ3v) is 4.08. The number of hydrogen-bond donors (Lipinski definition) is 0. The first-order chi connectivity index (χ1) is 9.24. The number of ketones is 1. The summed E-state index contributed by atoms with van der Waals surface area (Å²) in [7, 11) is 0. The highest BCUT2D eigenvalue weighted by Gasteiger charge is 2.08. The summed E-state index contributed by atoms with van der Waals surface area (Å²) in [6, 6.07) is 13.8. The molecule has 0 amide bonds. The van der Waals surface area contributed by atoms with Crippen LogP contribution in [-0.4, -0.2) is 15.6 Å². The molecule has 4 heteroatoms. The van der Waals surface area contributed by atoms with E-state index in [0.29, 0.717) is 0 Å². The van der Waals surface area contributed by atoms with E-state index in [4.69, 9.17) is 0 Å². The number of aromatic nitrogens is 2. The molecule has 0 saturated heterocycles. The van der Waals surface area contributed by atoms with Crippen LogP contribution < -0.4 is 0 Å². The summed E-state index contributed by atoms with van der Waals surface area (Å²) in [5.74, 6) is 0.103. The van der Waals surface area contributed by atoms with Gasteiger partial charge in [0.2, 0.25) is 0 Å². The van der Waals surface area contributed by atoms with Crippen LogP contribution in [0.1, 0.15) is 16.6 Å². The van der Waals surface area contributed by atoms with Gasteiger partial charge in [-0.2, -0.15) is 5.10 Å². The minimum Gasteiger partial charge on any atom is -0.294 e. The Bertz CT molecular complexity index is 713. The summed E-state index contributed by atoms with van der Waals surface area (Å²) in [6.45, 7) is 1.59. The van der Waals surface area contributed by atoms with E-state index in [0.717, 1.165) is 21.0 Å². The van der Waals surface area contributed by atoms with Crippen molar-refractivity contribution >= 4 is 17.1 Å². The lowest BCUT2D eigenvalue weighted by Crippen LogP contribution is -1.92. The summed E-state index contributed by atoms with van der Waals surface area (Å²) in [4.78, 5) is 13.1. The number of carbonyl (C=O) groups is 1. The van der Waals surface area contributed by atoms with Crippen LogP contribution in [0.3, 0.4) is 0 Å². The number of Topliss-reactive ketones (excluding diaryl/α,β-unsaturated/α-hetero) is 1. The molecule has 0 aliphatic heterocycles. The molecule has 2 aromatic heterocycles. The molecule has 94 valence electrons. The monoisotopic (exact) mass is 268 g/mol. The van der Waals surface area contributed by atoms with E-state index in [1.165, 1.54) is 11.3 Å². The van der Waals surface area contributed by atoms with Crippen LogP contribution in [0.5, 0.6) is 0 Å². The predicted molar refractivity (Wildman–Crippen MR) is 76.9 cm³/mol. The Labute approximate surface area is 115 Å². The molecule has 0 radical (unpaired) electrons. The highest BCUT2D eigenvalue weighted by Crippen LogP contribution is 2.28. The normalized spacial score (nSPS) is 10.6. The van der Waals surface area contributed by atoms with Crippen LogP contribution in [0.4, 0.5) is 0 Å². The van der Waals surface area contributed by atoms with Gasteiger partial charge in [-0.25, -0.2) is 4.68 Å². The second-order valence-electron chi connectivity index (χ2n) is 4.23. The number of nitrogens with zero attached hydrogens (tertiary/aromatic N) is 2. The van der Waals surface area contributed by atoms with Gasteiger partial charge in [0.1, 0.15) is 0 Å². The van der Waals surface area contributed by atoms with Gasteiger partial charge in [-0.15, -0.1) is 11.3 Å². The highest BCUT2D eigenvalue weighted by molar-refractivity contribution is 7.17. The number of hydrogen-bond acceptors (Lipinski definition) is 3. The Balaban J connectivity index is 1.94. The zero-order chi connectivity index (χ0) is 13.2. The molecule has 3 rings (SSSR count). The first-order valence-corrected chi connectivity index (χ1v) is 6.77. The zero-order valence-corrected chi connectivity index (χ0v) is 11.2. The fourth-order valence-electron chi connectivity index (χ4n) is 1.85. The fourth-order valence-corrected chi connectivity index (χ4v) is 2.73. The van der Waals surface area contributed by atoms with Crippen molar-refractivity contribution in [3.05, 3.63) is 59.7 Å². The molecule has 3 aromatic rings. The minimum atomic E-state index is 0.103. The third kappa shape index (κ3) is 2.35. The van der Waals surface area contributed by atoms with E-state index in [1.807, 2.05) is 59.5 Å². The Morgan fingerprint density at radius 2 is 1.95 bits per heavy atom. The van der Waals surface area contributed by atoms with Crippen LogP contribution in [0.15, 0.2) is 54.9 Å². The van der Waals surface area contributed by atoms with Crippen molar-refractivity contribution in [1.82, 2.24) is 9.78 Å². The number of carbonyl (C=O) groups excluding carboxylic acids is 1. The van der Waals surface area contributed by atoms with E-state index >= 15 is 0 Å². The average molecular weight is 268 g/mol. The second-order valence-corrected chi connectivity index (χ2v) is 5.31. The van der Waals surface area contributed by atoms with Gasteiger partial charge in [-0.1, -0.05) is 18.2 Å². The van der Waals surface area contributed by atoms with E-state index in [-0.39, 0.29) is 5.78 Å². The molecule has 0 fully saturated rings. The van der Waals surface area contributed by atoms with Crippen molar-refractivity contribution in [2.75, 3.05) is 0 Å². The number of rotatable bonds is 3. The second kappa shape index (κ2) is 4.82. The molecule has 3 nitrogen and oxygen atoms in total. The lowest BCUT2D eigenvalue weighted by atomic mass is 10.3. The maximum absolute atomic E-state index is 11.3. The van der Waals surface area contributed by atoms with Crippen LogP contribution in [0.25, 0.3) is 16.1 Å². The van der Waals surface area contributed by atoms with Crippen LogP contribution in [-0.2, 0) is 0 Å². The van der Waals surface area contributed by atoms with E-state index in [2.05, 4.69) is 5.10 Å². The fraction of sp³-hybridized carbons (Fsp3) is 0.0667. The van der Waals surface area contributed by atoms with Crippen molar-refractivity contribution in [3.8, 4) is 16.1 Å². The number of benzene rings is 1. The smallest absolute Gasteiger partial charge is 0.169 e. The van der Waals surface area contributed by atoms with Gasteiger partial charge in [0.25, 0.3) is 0 Å². The molecule has 0 aliphatic carbocycles. The number of thiophene rings is 1. The van der Waals surface area contributed by atoms with Crippen LogP contribution in [0, 0.1) is 0 Å². The topological polar surface area (TPSA) is 34.9 Å². The Hall–Kier alpha value is -2.20. The predicted octanol–water partition coefficient (Wildman–Crippen LogP) is 3.80. The molecule has 0 atom stereocenters. The summed E-state index contributed by atoms with van der Waals surface area (Å²) in [6.07, 6.45) is 3.80. The Morgan fingerprint density at radius 3 is 2.63 bits per heavy atom. The SMILES string of the molecule is CC(=O)c1ccc(-c2cnn(-c3ccccc3)c2)s1. The van der Waals surface area contributed by atoms with E-state index < -0.39 is 0 Å². The third-order valence-electron chi connectivity index (χ3n) is 2.84. The van der Waals surface area contributed by atoms with Crippen LogP contribution in [0.2, 0.25) is 0 Å². The molecule has 0 spiro atoms. The lowest BCUT2D eigenvalue weighted by Gasteiger charge is -1.98. The summed E-state index contributed by atoms with van der Waals surface area (Å²) in [5, 5.41) is 4.36. The number of para-hydroxylation sites is 1. The molecule has 0 aliphatic rings. The van der Waals surface area contributed by atoms with Gasteiger partial charge < -0.3 is 0 Å². The molecular formula is C15H12N2OS. The molecule has 0 saturated carbocycles. The van der Waals surface area contributed by atoms with Crippen LogP contribution >= 0.6 is 11.3 Å². The Morgan fingerprint density at radius 1 is 1.16 bits per heavy atom. The summed E-state index contributed by atoms with van der Waals surface area (Å²) in [5.41, 5.74) is 2.05. The van der Waals surface area contributed by atoms with Crippen molar-refractivity contribution in [2.45, 2.75) is 6.92 Å². The highest BCUT2D eigenvalue weighted by atomic mass is 32.1. The molecule has 2 heterocycles. The van der Waals surface area contributed by atoms with Crippen molar-refractivity contribution in [3.63, 3.8) is 0 Å². The van der Waals surface area contributed by atoms with Crippen molar-refractivity contribution in [1.29, 1.82) is 0 Å². The standard InChI is InChI=1S/C15H12N2OS/c1-11(18)14-7-8-15(19-14)12-9-16-17(10-12)13-5-3-2-4-6-13/h2-10H,1H3. The van der Waals surface area contributed by atoms with Crippen molar-refractivity contribution < 1.29 is 4.79 Å². The molecule has 0 unspecified atom stereocenters. The quantitative estimate of drug-likeness (QED) is 0.677. The summed E-state index contributed by atoms with van der Waals surface area (Å²) >= 11 is 1.50. The lowest BCUT2D eigenvalue weighted by molar-refractivity contribution is 0.102. The molecule has 0 bridgehead atoms.